The van der Waals surface area contributed by atoms with Gasteiger partial charge in [0.2, 0.25) is 0 Å². The zero-order valence-electron chi connectivity index (χ0n) is 7.68. The Bertz CT molecular complexity index is 247. The molecule has 0 aromatic heterocycles. The zero-order chi connectivity index (χ0) is 10.0. The number of aliphatic carboxylic acids is 1. The number of nitrogens with two attached hydrogens (primary N) is 1. The molecule has 1 rings (SSSR count). The summed E-state index contributed by atoms with van der Waals surface area (Å²) in [6, 6.07) is -1.24. The molecule has 0 amide bonds. The van der Waals surface area contributed by atoms with Crippen molar-refractivity contribution in [1.82, 2.24) is 5.01 Å². The minimum Gasteiger partial charge on any atom is -0.480 e. The number of carbonyl (C=O) groups is 1. The lowest BCUT2D eigenvalue weighted by Crippen LogP contribution is -2.48. The highest BCUT2D eigenvalue weighted by atomic mass is 35.5. The number of likely N-dealkylation sites (N-methyl/N-ethyl adjacent to an activating group) is 1. The zero-order valence-corrected chi connectivity index (χ0v) is 9.25. The second kappa shape index (κ2) is 5.38. The van der Waals surface area contributed by atoms with Crippen LogP contribution in [-0.2, 0) is 4.79 Å². The Morgan fingerprint density at radius 3 is 2.93 bits per heavy atom. The molecule has 5 nitrogen and oxygen atoms in total. The van der Waals surface area contributed by atoms with Crippen LogP contribution in [0.3, 0.4) is 0 Å². The molecule has 0 unspecified atom stereocenters. The predicted molar refractivity (Wildman–Crippen MR) is 56.9 cm³/mol. The van der Waals surface area contributed by atoms with Crippen LogP contribution < -0.4 is 5.73 Å². The number of hydrogen-bond donors (Lipinski definition) is 2. The maximum absolute atomic E-state index is 10.6. The van der Waals surface area contributed by atoms with Crippen LogP contribution in [0.25, 0.3) is 0 Å². The van der Waals surface area contributed by atoms with E-state index in [1.807, 2.05) is 6.92 Å². The Morgan fingerprint density at radius 1 is 1.93 bits per heavy atom. The third-order valence-corrected chi connectivity index (χ3v) is 2.25. The van der Waals surface area contributed by atoms with Gasteiger partial charge in [-0.1, -0.05) is 11.6 Å². The fourth-order valence-electron chi connectivity index (χ4n) is 1.31. The summed E-state index contributed by atoms with van der Waals surface area (Å²) in [5.74, 6) is -1.02. The average molecular weight is 242 g/mol. The van der Waals surface area contributed by atoms with Crippen molar-refractivity contribution >= 4 is 35.1 Å². The smallest absolute Gasteiger partial charge is 0.322 e. The molecule has 7 heteroatoms. The van der Waals surface area contributed by atoms with Crippen LogP contribution >= 0.6 is 24.0 Å². The van der Waals surface area contributed by atoms with E-state index in [0.717, 1.165) is 0 Å². The maximum Gasteiger partial charge on any atom is 0.322 e. The van der Waals surface area contributed by atoms with Crippen molar-refractivity contribution in [1.29, 1.82) is 0 Å². The number of hydrazone groups is 1. The van der Waals surface area contributed by atoms with Crippen molar-refractivity contribution in [2.75, 3.05) is 6.54 Å². The molecule has 2 atom stereocenters. The predicted octanol–water partition coefficient (Wildman–Crippen LogP) is 0.467. The van der Waals surface area contributed by atoms with E-state index in [9.17, 15) is 4.79 Å². The quantitative estimate of drug-likeness (QED) is 0.753. The summed E-state index contributed by atoms with van der Waals surface area (Å²) in [6.45, 7) is 2.49. The summed E-state index contributed by atoms with van der Waals surface area (Å²) < 4.78 is 0. The van der Waals surface area contributed by atoms with E-state index in [0.29, 0.717) is 18.1 Å². The van der Waals surface area contributed by atoms with Crippen LogP contribution in [-0.4, -0.2) is 39.9 Å². The molecule has 0 fully saturated rings. The third-order valence-electron chi connectivity index (χ3n) is 2.02. The summed E-state index contributed by atoms with van der Waals surface area (Å²) in [5, 5.41) is 14.7. The highest BCUT2D eigenvalue weighted by molar-refractivity contribution is 6.65. The van der Waals surface area contributed by atoms with Crippen LogP contribution in [0.1, 0.15) is 13.3 Å². The highest BCUT2D eigenvalue weighted by Gasteiger charge is 2.33. The molecule has 0 saturated carbocycles. The van der Waals surface area contributed by atoms with E-state index in [1.54, 1.807) is 5.01 Å². The van der Waals surface area contributed by atoms with E-state index < -0.39 is 12.0 Å². The molecule has 82 valence electrons. The van der Waals surface area contributed by atoms with Gasteiger partial charge in [-0.3, -0.25) is 9.80 Å². The lowest BCUT2D eigenvalue weighted by molar-refractivity contribution is -0.140. The molecule has 0 spiro atoms. The Balaban J connectivity index is 0.00000169. The molecular weight excluding hydrogens is 229 g/mol. The summed E-state index contributed by atoms with van der Waals surface area (Å²) >= 11 is 5.69. The van der Waals surface area contributed by atoms with Gasteiger partial charge in [-0.25, -0.2) is 0 Å². The Hall–Kier alpha value is -0.520. The van der Waals surface area contributed by atoms with Crippen LogP contribution in [0.2, 0.25) is 0 Å². The SMILES string of the molecule is CCN1N=C(Cl)C[C@H]1[C@H](N)C(=O)O.Cl. The summed E-state index contributed by atoms with van der Waals surface area (Å²) in [7, 11) is 0. The molecule has 14 heavy (non-hydrogen) atoms. The molecule has 0 aromatic rings. The van der Waals surface area contributed by atoms with Gasteiger partial charge in [0.1, 0.15) is 11.2 Å². The van der Waals surface area contributed by atoms with Gasteiger partial charge in [0, 0.05) is 13.0 Å². The normalized spacial score (nSPS) is 22.6. The molecule has 0 aliphatic carbocycles. The average Bonchev–Trinajstić information content (AvgIpc) is 2.45. The molecule has 0 aromatic carbocycles. The van der Waals surface area contributed by atoms with Crippen LogP contribution in [0.4, 0.5) is 0 Å². The molecule has 1 aliphatic rings. The topological polar surface area (TPSA) is 78.9 Å². The maximum atomic E-state index is 10.6. The van der Waals surface area contributed by atoms with Crippen LogP contribution in [0.15, 0.2) is 5.10 Å². The lowest BCUT2D eigenvalue weighted by atomic mass is 10.1. The first-order chi connectivity index (χ1) is 6.06. The van der Waals surface area contributed by atoms with E-state index in [4.69, 9.17) is 22.4 Å². The van der Waals surface area contributed by atoms with Crippen molar-refractivity contribution < 1.29 is 9.90 Å². The summed E-state index contributed by atoms with van der Waals surface area (Å²) in [5.41, 5.74) is 5.48. The fourth-order valence-corrected chi connectivity index (χ4v) is 1.57. The molecule has 3 N–H and O–H groups in total. The number of halogens is 2. The third kappa shape index (κ3) is 2.73. The number of hydrogen-bond acceptors (Lipinski definition) is 4. The molecule has 1 aliphatic heterocycles. The van der Waals surface area contributed by atoms with Gasteiger partial charge in [0.05, 0.1) is 6.04 Å². The Labute approximate surface area is 93.3 Å². The van der Waals surface area contributed by atoms with Gasteiger partial charge >= 0.3 is 5.97 Å². The van der Waals surface area contributed by atoms with Gasteiger partial charge in [0.15, 0.2) is 0 Å². The van der Waals surface area contributed by atoms with Crippen molar-refractivity contribution in [3.8, 4) is 0 Å². The number of carboxylic acids is 1. The number of carboxylic acid groups (broad SMARTS) is 1. The largest absolute Gasteiger partial charge is 0.480 e. The monoisotopic (exact) mass is 241 g/mol. The summed E-state index contributed by atoms with van der Waals surface area (Å²) in [4.78, 5) is 10.6. The lowest BCUT2D eigenvalue weighted by Gasteiger charge is -2.24. The van der Waals surface area contributed by atoms with Crippen molar-refractivity contribution in [2.45, 2.75) is 25.4 Å². The summed E-state index contributed by atoms with van der Waals surface area (Å²) in [6.07, 6.45) is 0.420. The van der Waals surface area contributed by atoms with Crippen molar-refractivity contribution in [2.24, 2.45) is 10.8 Å². The van der Waals surface area contributed by atoms with Crippen LogP contribution in [0.5, 0.6) is 0 Å². The van der Waals surface area contributed by atoms with E-state index in [2.05, 4.69) is 5.10 Å². The Morgan fingerprint density at radius 2 is 2.50 bits per heavy atom. The first-order valence-corrected chi connectivity index (χ1v) is 4.42. The van der Waals surface area contributed by atoms with E-state index in [-0.39, 0.29) is 18.4 Å². The van der Waals surface area contributed by atoms with E-state index >= 15 is 0 Å². The highest BCUT2D eigenvalue weighted by Crippen LogP contribution is 2.19. The standard InChI is InChI=1S/C7H12ClN3O2.ClH/c1-2-11-4(3-5(8)10-11)6(9)7(12)13;/h4,6H,2-3,9H2,1H3,(H,12,13);1H/t4-,6-;/m0./s1. The van der Waals surface area contributed by atoms with Gasteiger partial charge in [-0.15, -0.1) is 12.4 Å². The van der Waals surface area contributed by atoms with Gasteiger partial charge < -0.3 is 10.8 Å². The van der Waals surface area contributed by atoms with Crippen molar-refractivity contribution in [3.05, 3.63) is 0 Å². The fraction of sp³-hybridized carbons (Fsp3) is 0.714. The second-order valence-corrected chi connectivity index (χ2v) is 3.30. The van der Waals surface area contributed by atoms with Crippen molar-refractivity contribution in [3.63, 3.8) is 0 Å². The first-order valence-electron chi connectivity index (χ1n) is 4.04. The molecular formula is C7H13Cl2N3O2. The minimum atomic E-state index is -1.02. The second-order valence-electron chi connectivity index (χ2n) is 2.87. The Kier molecular flexibility index (Phi) is 5.18. The van der Waals surface area contributed by atoms with E-state index in [1.165, 1.54) is 0 Å². The number of rotatable bonds is 3. The van der Waals surface area contributed by atoms with Gasteiger partial charge in [-0.05, 0) is 6.92 Å². The molecule has 0 saturated heterocycles. The minimum absolute atomic E-state index is 0. The first kappa shape index (κ1) is 13.5. The molecule has 0 radical (unpaired) electrons. The van der Waals surface area contributed by atoms with Gasteiger partial charge in [0.25, 0.3) is 0 Å². The molecule has 0 bridgehead atoms. The van der Waals surface area contributed by atoms with Crippen LogP contribution in [0, 0.1) is 0 Å². The van der Waals surface area contributed by atoms with Gasteiger partial charge in [-0.2, -0.15) is 5.10 Å². The molecule has 1 heterocycles. The number of nitrogens with zero attached hydrogens (tertiary/aromatic N) is 2.